The molecule has 2 rings (SSSR count). The highest BCUT2D eigenvalue weighted by molar-refractivity contribution is 5.98. The Kier molecular flexibility index (Phi) is 4.32. The Morgan fingerprint density at radius 3 is 2.53 bits per heavy atom. The summed E-state index contributed by atoms with van der Waals surface area (Å²) in [6, 6.07) is 7.54. The number of Topliss-reactive ketones (excluding diaryl/α,β-unsaturated/α-hetero) is 1. The van der Waals surface area contributed by atoms with E-state index in [1.807, 2.05) is 31.2 Å². The molecule has 1 aliphatic heterocycles. The van der Waals surface area contributed by atoms with Crippen molar-refractivity contribution in [3.05, 3.63) is 35.4 Å². The van der Waals surface area contributed by atoms with Crippen LogP contribution in [-0.4, -0.2) is 35.7 Å². The van der Waals surface area contributed by atoms with Gasteiger partial charge in [0.15, 0.2) is 5.78 Å². The zero-order valence-electron chi connectivity index (χ0n) is 11.3. The van der Waals surface area contributed by atoms with Crippen molar-refractivity contribution in [1.29, 1.82) is 0 Å². The monoisotopic (exact) mass is 260 g/mol. The third-order valence-electron chi connectivity index (χ3n) is 3.52. The average Bonchev–Trinajstić information content (AvgIpc) is 2.83. The molecule has 1 aliphatic rings. The molecule has 0 radical (unpaired) electrons. The highest BCUT2D eigenvalue weighted by atomic mass is 16.2. The van der Waals surface area contributed by atoms with Crippen LogP contribution in [-0.2, 0) is 4.79 Å². The van der Waals surface area contributed by atoms with Crippen molar-refractivity contribution in [2.45, 2.75) is 32.2 Å². The van der Waals surface area contributed by atoms with Gasteiger partial charge in [-0.1, -0.05) is 29.8 Å². The summed E-state index contributed by atoms with van der Waals surface area (Å²) in [7, 11) is 0. The van der Waals surface area contributed by atoms with Crippen molar-refractivity contribution in [2.75, 3.05) is 13.1 Å². The zero-order valence-corrected chi connectivity index (χ0v) is 11.3. The molecule has 2 N–H and O–H groups in total. The molecule has 0 bridgehead atoms. The van der Waals surface area contributed by atoms with Crippen LogP contribution in [0.2, 0.25) is 0 Å². The minimum absolute atomic E-state index is 0.0249. The molecule has 1 heterocycles. The van der Waals surface area contributed by atoms with Crippen LogP contribution in [0.25, 0.3) is 0 Å². The maximum Gasteiger partial charge on any atom is 0.223 e. The average molecular weight is 260 g/mol. The van der Waals surface area contributed by atoms with E-state index in [1.165, 1.54) is 0 Å². The first-order chi connectivity index (χ1) is 9.06. The molecule has 0 saturated carbocycles. The molecule has 1 amide bonds. The summed E-state index contributed by atoms with van der Waals surface area (Å²) < 4.78 is 0. The van der Waals surface area contributed by atoms with Gasteiger partial charge >= 0.3 is 0 Å². The molecule has 4 nitrogen and oxygen atoms in total. The number of nitrogens with zero attached hydrogens (tertiary/aromatic N) is 1. The van der Waals surface area contributed by atoms with E-state index in [-0.39, 0.29) is 30.6 Å². The Morgan fingerprint density at radius 1 is 1.26 bits per heavy atom. The molecule has 1 saturated heterocycles. The van der Waals surface area contributed by atoms with Gasteiger partial charge in [-0.05, 0) is 13.3 Å². The normalized spacial score (nSPS) is 18.6. The van der Waals surface area contributed by atoms with Gasteiger partial charge in [0, 0.05) is 37.5 Å². The van der Waals surface area contributed by atoms with Gasteiger partial charge in [0.2, 0.25) is 5.91 Å². The van der Waals surface area contributed by atoms with Gasteiger partial charge in [-0.15, -0.1) is 0 Å². The van der Waals surface area contributed by atoms with Crippen molar-refractivity contribution in [1.82, 2.24) is 4.90 Å². The summed E-state index contributed by atoms with van der Waals surface area (Å²) >= 11 is 0. The van der Waals surface area contributed by atoms with E-state index < -0.39 is 0 Å². The SMILES string of the molecule is Cc1ccc(C(=O)CCC(=O)N2CC[C@@H](N)C2)cc1. The van der Waals surface area contributed by atoms with Gasteiger partial charge in [0.25, 0.3) is 0 Å². The largest absolute Gasteiger partial charge is 0.341 e. The number of benzene rings is 1. The highest BCUT2D eigenvalue weighted by Gasteiger charge is 2.23. The third-order valence-corrected chi connectivity index (χ3v) is 3.52. The quantitative estimate of drug-likeness (QED) is 0.835. The molecule has 1 fully saturated rings. The minimum Gasteiger partial charge on any atom is -0.341 e. The van der Waals surface area contributed by atoms with Crippen LogP contribution in [0.15, 0.2) is 24.3 Å². The van der Waals surface area contributed by atoms with Gasteiger partial charge in [-0.2, -0.15) is 0 Å². The van der Waals surface area contributed by atoms with Gasteiger partial charge in [0.1, 0.15) is 0 Å². The predicted molar refractivity (Wildman–Crippen MR) is 73.9 cm³/mol. The highest BCUT2D eigenvalue weighted by Crippen LogP contribution is 2.12. The summed E-state index contributed by atoms with van der Waals surface area (Å²) in [5.41, 5.74) is 7.56. The first kappa shape index (κ1) is 13.7. The van der Waals surface area contributed by atoms with Crippen LogP contribution < -0.4 is 5.73 Å². The van der Waals surface area contributed by atoms with Gasteiger partial charge < -0.3 is 10.6 Å². The predicted octanol–water partition coefficient (Wildman–Crippen LogP) is 1.52. The summed E-state index contributed by atoms with van der Waals surface area (Å²) in [6.07, 6.45) is 1.41. The molecule has 0 aromatic heterocycles. The molecule has 1 aromatic rings. The van der Waals surface area contributed by atoms with Gasteiger partial charge in [-0.3, -0.25) is 9.59 Å². The van der Waals surface area contributed by atoms with Gasteiger partial charge in [-0.25, -0.2) is 0 Å². The maximum atomic E-state index is 11.9. The Balaban J connectivity index is 1.83. The zero-order chi connectivity index (χ0) is 13.8. The molecule has 19 heavy (non-hydrogen) atoms. The molecule has 0 unspecified atom stereocenters. The van der Waals surface area contributed by atoms with E-state index in [9.17, 15) is 9.59 Å². The molecular formula is C15H20N2O2. The van der Waals surface area contributed by atoms with Gasteiger partial charge in [0.05, 0.1) is 0 Å². The molecule has 1 aromatic carbocycles. The molecule has 0 spiro atoms. The number of rotatable bonds is 4. The van der Waals surface area contributed by atoms with E-state index in [0.29, 0.717) is 12.1 Å². The van der Waals surface area contributed by atoms with Crippen LogP contribution in [0.4, 0.5) is 0 Å². The summed E-state index contributed by atoms with van der Waals surface area (Å²) in [5.74, 6) is 0.0604. The standard InChI is InChI=1S/C15H20N2O2/c1-11-2-4-12(5-3-11)14(18)6-7-15(19)17-9-8-13(16)10-17/h2-5,13H,6-10,16H2,1H3/t13-/m1/s1. The second-order valence-electron chi connectivity index (χ2n) is 5.18. The number of likely N-dealkylation sites (tertiary alicyclic amines) is 1. The lowest BCUT2D eigenvalue weighted by atomic mass is 10.0. The molecule has 0 aliphatic carbocycles. The number of carbonyl (C=O) groups is 2. The Labute approximate surface area is 113 Å². The fourth-order valence-electron chi connectivity index (χ4n) is 2.28. The third kappa shape index (κ3) is 3.64. The number of amides is 1. The van der Waals surface area contributed by atoms with Crippen molar-refractivity contribution in [3.8, 4) is 0 Å². The van der Waals surface area contributed by atoms with Crippen molar-refractivity contribution in [2.24, 2.45) is 5.73 Å². The van der Waals surface area contributed by atoms with Crippen LogP contribution in [0, 0.1) is 6.92 Å². The van der Waals surface area contributed by atoms with Crippen molar-refractivity contribution < 1.29 is 9.59 Å². The van der Waals surface area contributed by atoms with Crippen molar-refractivity contribution in [3.63, 3.8) is 0 Å². The second kappa shape index (κ2) is 5.97. The van der Waals surface area contributed by atoms with Crippen LogP contribution in [0.5, 0.6) is 0 Å². The number of hydrogen-bond acceptors (Lipinski definition) is 3. The first-order valence-corrected chi connectivity index (χ1v) is 6.69. The van der Waals surface area contributed by atoms with E-state index >= 15 is 0 Å². The maximum absolute atomic E-state index is 11.9. The summed E-state index contributed by atoms with van der Waals surface area (Å²) in [6.45, 7) is 3.32. The number of nitrogens with two attached hydrogens (primary N) is 1. The Morgan fingerprint density at radius 2 is 1.95 bits per heavy atom. The molecule has 4 heteroatoms. The lowest BCUT2D eigenvalue weighted by Gasteiger charge is -2.15. The van der Waals surface area contributed by atoms with E-state index in [2.05, 4.69) is 0 Å². The summed E-state index contributed by atoms with van der Waals surface area (Å²) in [5, 5.41) is 0. The Bertz CT molecular complexity index is 468. The van der Waals surface area contributed by atoms with Crippen molar-refractivity contribution >= 4 is 11.7 Å². The van der Waals surface area contributed by atoms with Crippen LogP contribution in [0.3, 0.4) is 0 Å². The van der Waals surface area contributed by atoms with Crippen LogP contribution >= 0.6 is 0 Å². The van der Waals surface area contributed by atoms with E-state index in [1.54, 1.807) is 4.90 Å². The number of aryl methyl sites for hydroxylation is 1. The molecule has 102 valence electrons. The number of ketones is 1. The topological polar surface area (TPSA) is 63.4 Å². The van der Waals surface area contributed by atoms with Crippen LogP contribution in [0.1, 0.15) is 35.2 Å². The second-order valence-corrected chi connectivity index (χ2v) is 5.18. The lowest BCUT2D eigenvalue weighted by molar-refractivity contribution is -0.130. The lowest BCUT2D eigenvalue weighted by Crippen LogP contribution is -2.32. The fourth-order valence-corrected chi connectivity index (χ4v) is 2.28. The van der Waals surface area contributed by atoms with E-state index in [0.717, 1.165) is 18.5 Å². The van der Waals surface area contributed by atoms with E-state index in [4.69, 9.17) is 5.73 Å². The Hall–Kier alpha value is -1.68. The summed E-state index contributed by atoms with van der Waals surface area (Å²) in [4.78, 5) is 25.6. The molecular weight excluding hydrogens is 240 g/mol. The number of hydrogen-bond donors (Lipinski definition) is 1. The fraction of sp³-hybridized carbons (Fsp3) is 0.467. The minimum atomic E-state index is 0.0249. The smallest absolute Gasteiger partial charge is 0.223 e. The number of carbonyl (C=O) groups excluding carboxylic acids is 2. The molecule has 1 atom stereocenters. The first-order valence-electron chi connectivity index (χ1n) is 6.69.